The van der Waals surface area contributed by atoms with Crippen LogP contribution in [0.2, 0.25) is 0 Å². The van der Waals surface area contributed by atoms with Crippen LogP contribution in [0.4, 0.5) is 10.8 Å². The van der Waals surface area contributed by atoms with E-state index in [0.29, 0.717) is 21.6 Å². The third-order valence-corrected chi connectivity index (χ3v) is 7.10. The van der Waals surface area contributed by atoms with Crippen molar-refractivity contribution in [3.8, 4) is 0 Å². The van der Waals surface area contributed by atoms with E-state index < -0.39 is 0 Å². The molecular weight excluding hydrogens is 428 g/mol. The Balaban J connectivity index is 1.32. The summed E-state index contributed by atoms with van der Waals surface area (Å²) in [5.41, 5.74) is 3.98. The van der Waals surface area contributed by atoms with Crippen LogP contribution in [0.15, 0.2) is 52.9 Å². The molecule has 2 amide bonds. The number of fused-ring (bicyclic) bond motifs is 1. The number of para-hydroxylation sites is 1. The second kappa shape index (κ2) is 8.80. The van der Waals surface area contributed by atoms with Crippen LogP contribution in [0.1, 0.15) is 42.3 Å². The Morgan fingerprint density at radius 3 is 2.58 bits per heavy atom. The molecule has 0 saturated carbocycles. The molecule has 0 radical (unpaired) electrons. The van der Waals surface area contributed by atoms with Crippen LogP contribution in [0.5, 0.6) is 0 Å². The molecule has 0 spiro atoms. The molecule has 0 unspecified atom stereocenters. The summed E-state index contributed by atoms with van der Waals surface area (Å²) in [5, 5.41) is 11.4. The molecule has 3 aromatic rings. The summed E-state index contributed by atoms with van der Waals surface area (Å²) in [6.07, 6.45) is 0.887. The first-order valence-electron chi connectivity index (χ1n) is 10.1. The van der Waals surface area contributed by atoms with E-state index >= 15 is 0 Å². The lowest BCUT2D eigenvalue weighted by Crippen LogP contribution is -2.30. The van der Waals surface area contributed by atoms with Crippen molar-refractivity contribution in [1.82, 2.24) is 10.2 Å². The SMILES string of the molecule is CC(C)(C)c1ccc(C(=O)Nc2nnc(SCC(=O)N3CCc4ccccc43)s2)cc1. The molecule has 8 heteroatoms. The van der Waals surface area contributed by atoms with Gasteiger partial charge in [-0.1, -0.05) is 74.2 Å². The van der Waals surface area contributed by atoms with E-state index in [1.807, 2.05) is 47.4 Å². The molecule has 0 atom stereocenters. The van der Waals surface area contributed by atoms with E-state index in [0.717, 1.165) is 12.1 Å². The van der Waals surface area contributed by atoms with Crippen LogP contribution < -0.4 is 10.2 Å². The van der Waals surface area contributed by atoms with Gasteiger partial charge in [0.2, 0.25) is 11.0 Å². The number of carbonyl (C=O) groups is 2. The van der Waals surface area contributed by atoms with Gasteiger partial charge in [-0.15, -0.1) is 10.2 Å². The van der Waals surface area contributed by atoms with Gasteiger partial charge in [-0.2, -0.15) is 0 Å². The number of nitrogens with one attached hydrogen (secondary N) is 1. The maximum absolute atomic E-state index is 12.6. The normalized spacial score (nSPS) is 13.2. The summed E-state index contributed by atoms with van der Waals surface area (Å²) in [4.78, 5) is 27.0. The maximum Gasteiger partial charge on any atom is 0.257 e. The fraction of sp³-hybridized carbons (Fsp3) is 0.304. The summed E-state index contributed by atoms with van der Waals surface area (Å²) in [7, 11) is 0. The minimum absolute atomic E-state index is 0.0366. The third-order valence-electron chi connectivity index (χ3n) is 5.15. The Bertz CT molecular complexity index is 1100. The molecule has 1 N–H and O–H groups in total. The summed E-state index contributed by atoms with van der Waals surface area (Å²) < 4.78 is 0.652. The number of anilines is 2. The standard InChI is InChI=1S/C23H24N4O2S2/c1-23(2,3)17-10-8-16(9-11-17)20(29)24-21-25-26-22(31-21)30-14-19(28)27-13-12-15-6-4-5-7-18(15)27/h4-11H,12-14H2,1-3H3,(H,24,25,29). The van der Waals surface area contributed by atoms with Gasteiger partial charge < -0.3 is 4.90 Å². The molecule has 2 aromatic carbocycles. The van der Waals surface area contributed by atoms with Crippen molar-refractivity contribution in [3.05, 3.63) is 65.2 Å². The van der Waals surface area contributed by atoms with Gasteiger partial charge in [-0.25, -0.2) is 0 Å². The van der Waals surface area contributed by atoms with Gasteiger partial charge in [0, 0.05) is 17.8 Å². The molecule has 4 rings (SSSR count). The minimum atomic E-state index is -0.224. The smallest absolute Gasteiger partial charge is 0.257 e. The van der Waals surface area contributed by atoms with Gasteiger partial charge in [0.1, 0.15) is 0 Å². The van der Waals surface area contributed by atoms with E-state index in [-0.39, 0.29) is 23.0 Å². The predicted molar refractivity (Wildman–Crippen MR) is 126 cm³/mol. The molecule has 160 valence electrons. The highest BCUT2D eigenvalue weighted by Gasteiger charge is 2.24. The second-order valence-corrected chi connectivity index (χ2v) is 10.6. The molecule has 2 heterocycles. The Labute approximate surface area is 190 Å². The van der Waals surface area contributed by atoms with Crippen molar-refractivity contribution in [1.29, 1.82) is 0 Å². The molecule has 0 bridgehead atoms. The zero-order chi connectivity index (χ0) is 22.0. The second-order valence-electron chi connectivity index (χ2n) is 8.37. The van der Waals surface area contributed by atoms with Gasteiger partial charge in [0.25, 0.3) is 5.91 Å². The van der Waals surface area contributed by atoms with E-state index in [1.165, 1.54) is 34.2 Å². The highest BCUT2D eigenvalue weighted by Crippen LogP contribution is 2.30. The van der Waals surface area contributed by atoms with E-state index in [9.17, 15) is 9.59 Å². The number of benzene rings is 2. The topological polar surface area (TPSA) is 75.2 Å². The van der Waals surface area contributed by atoms with Crippen LogP contribution in [0, 0.1) is 0 Å². The number of hydrogen-bond acceptors (Lipinski definition) is 6. The predicted octanol–water partition coefficient (Wildman–Crippen LogP) is 4.77. The first-order valence-corrected chi connectivity index (χ1v) is 11.9. The van der Waals surface area contributed by atoms with E-state index in [4.69, 9.17) is 0 Å². The average molecular weight is 453 g/mol. The molecule has 0 fully saturated rings. The van der Waals surface area contributed by atoms with Gasteiger partial charge >= 0.3 is 0 Å². The number of nitrogens with zero attached hydrogens (tertiary/aromatic N) is 3. The van der Waals surface area contributed by atoms with Crippen LogP contribution >= 0.6 is 23.1 Å². The lowest BCUT2D eigenvalue weighted by atomic mass is 9.87. The Morgan fingerprint density at radius 1 is 1.10 bits per heavy atom. The molecule has 1 aromatic heterocycles. The Kier molecular flexibility index (Phi) is 6.11. The van der Waals surface area contributed by atoms with E-state index in [2.05, 4.69) is 42.4 Å². The van der Waals surface area contributed by atoms with Crippen molar-refractivity contribution in [2.45, 2.75) is 36.9 Å². The summed E-state index contributed by atoms with van der Waals surface area (Å²) in [6, 6.07) is 15.6. The molecule has 0 saturated heterocycles. The molecule has 0 aliphatic carbocycles. The number of rotatable bonds is 5. The van der Waals surface area contributed by atoms with Gasteiger partial charge in [0.05, 0.1) is 5.75 Å². The van der Waals surface area contributed by atoms with Crippen LogP contribution in [-0.2, 0) is 16.6 Å². The highest BCUT2D eigenvalue weighted by atomic mass is 32.2. The van der Waals surface area contributed by atoms with Gasteiger partial charge in [0.15, 0.2) is 4.34 Å². The fourth-order valence-electron chi connectivity index (χ4n) is 3.41. The molecule has 31 heavy (non-hydrogen) atoms. The third kappa shape index (κ3) is 4.97. The minimum Gasteiger partial charge on any atom is -0.311 e. The van der Waals surface area contributed by atoms with Gasteiger partial charge in [-0.05, 0) is 41.2 Å². The van der Waals surface area contributed by atoms with Crippen molar-refractivity contribution in [3.63, 3.8) is 0 Å². The number of amides is 2. The zero-order valence-corrected chi connectivity index (χ0v) is 19.3. The average Bonchev–Trinajstić information content (AvgIpc) is 3.38. The number of hydrogen-bond donors (Lipinski definition) is 1. The Hall–Kier alpha value is -2.71. The van der Waals surface area contributed by atoms with Crippen LogP contribution in [-0.4, -0.2) is 34.3 Å². The largest absolute Gasteiger partial charge is 0.311 e. The number of carbonyl (C=O) groups excluding carboxylic acids is 2. The first kappa shape index (κ1) is 21.5. The fourth-order valence-corrected chi connectivity index (χ4v) is 5.03. The maximum atomic E-state index is 12.6. The Morgan fingerprint density at radius 2 is 1.84 bits per heavy atom. The molecule has 6 nitrogen and oxygen atoms in total. The monoisotopic (exact) mass is 452 g/mol. The summed E-state index contributed by atoms with van der Waals surface area (Å²) in [5.74, 6) is 0.109. The van der Waals surface area contributed by atoms with Crippen LogP contribution in [0.3, 0.4) is 0 Å². The van der Waals surface area contributed by atoms with Crippen molar-refractivity contribution in [2.24, 2.45) is 0 Å². The van der Waals surface area contributed by atoms with E-state index in [1.54, 1.807) is 0 Å². The lowest BCUT2D eigenvalue weighted by Gasteiger charge is -2.18. The highest BCUT2D eigenvalue weighted by molar-refractivity contribution is 8.01. The van der Waals surface area contributed by atoms with Crippen LogP contribution in [0.25, 0.3) is 0 Å². The zero-order valence-electron chi connectivity index (χ0n) is 17.7. The number of thioether (sulfide) groups is 1. The first-order chi connectivity index (χ1) is 14.8. The summed E-state index contributed by atoms with van der Waals surface area (Å²) >= 11 is 2.61. The molecule has 1 aliphatic heterocycles. The number of aromatic nitrogens is 2. The van der Waals surface area contributed by atoms with Gasteiger partial charge in [-0.3, -0.25) is 14.9 Å². The van der Waals surface area contributed by atoms with Crippen molar-refractivity contribution in [2.75, 3.05) is 22.5 Å². The summed E-state index contributed by atoms with van der Waals surface area (Å²) in [6.45, 7) is 7.12. The molecule has 1 aliphatic rings. The van der Waals surface area contributed by atoms with Crippen molar-refractivity contribution < 1.29 is 9.59 Å². The van der Waals surface area contributed by atoms with Crippen molar-refractivity contribution >= 4 is 45.7 Å². The molecular formula is C23H24N4O2S2. The lowest BCUT2D eigenvalue weighted by molar-refractivity contribution is -0.116. The quantitative estimate of drug-likeness (QED) is 0.446.